The molecule has 7 N–H and O–H groups in total. The molecule has 0 aromatic carbocycles. The fourth-order valence-electron chi connectivity index (χ4n) is 0.472. The molecule has 0 spiro atoms. The number of hydrogen-bond acceptors (Lipinski definition) is 7. The summed E-state index contributed by atoms with van der Waals surface area (Å²) in [5, 5.41) is 42.6. The SMILES string of the molecule is OCC(O)C(O)C(O)CO.[Mg+2].[OH-].[OH-]. The second-order valence-electron chi connectivity index (χ2n) is 1.99. The van der Waals surface area contributed by atoms with Gasteiger partial charge in [0.15, 0.2) is 0 Å². The zero-order chi connectivity index (χ0) is 8.15. The van der Waals surface area contributed by atoms with Crippen molar-refractivity contribution in [3.63, 3.8) is 0 Å². The van der Waals surface area contributed by atoms with E-state index in [1.165, 1.54) is 0 Å². The summed E-state index contributed by atoms with van der Waals surface area (Å²) in [6.07, 6.45) is -4.29. The summed E-state index contributed by atoms with van der Waals surface area (Å²) >= 11 is 0. The van der Waals surface area contributed by atoms with Gasteiger partial charge in [0.2, 0.25) is 0 Å². The molecular formula is C5H14MgO7. The summed E-state index contributed by atoms with van der Waals surface area (Å²) < 4.78 is 0. The summed E-state index contributed by atoms with van der Waals surface area (Å²) in [6.45, 7) is -1.28. The van der Waals surface area contributed by atoms with Crippen LogP contribution in [0.3, 0.4) is 0 Å². The molecule has 2 unspecified atom stereocenters. The minimum Gasteiger partial charge on any atom is -0.870 e. The van der Waals surface area contributed by atoms with Gasteiger partial charge in [0.05, 0.1) is 13.2 Å². The molecule has 0 aliphatic heterocycles. The van der Waals surface area contributed by atoms with Crippen molar-refractivity contribution < 1.29 is 36.5 Å². The Balaban J connectivity index is -0.000000135. The Labute approximate surface area is 91.4 Å². The number of hydrogen-bond donors (Lipinski definition) is 5. The first-order valence-electron chi connectivity index (χ1n) is 2.89. The van der Waals surface area contributed by atoms with E-state index in [2.05, 4.69) is 0 Å². The van der Waals surface area contributed by atoms with Gasteiger partial charge in [-0.05, 0) is 0 Å². The van der Waals surface area contributed by atoms with Crippen LogP contribution in [-0.4, -0.2) is 91.1 Å². The van der Waals surface area contributed by atoms with Gasteiger partial charge in [0.25, 0.3) is 0 Å². The van der Waals surface area contributed by atoms with Crippen LogP contribution in [0.2, 0.25) is 0 Å². The molecule has 78 valence electrons. The molecule has 0 heterocycles. The maximum Gasteiger partial charge on any atom is 2.00 e. The van der Waals surface area contributed by atoms with Crippen molar-refractivity contribution in [3.05, 3.63) is 0 Å². The molecule has 0 radical (unpaired) electrons. The molecule has 8 heteroatoms. The van der Waals surface area contributed by atoms with Gasteiger partial charge >= 0.3 is 23.1 Å². The van der Waals surface area contributed by atoms with E-state index >= 15 is 0 Å². The minimum absolute atomic E-state index is 0. The predicted octanol–water partition coefficient (Wildman–Crippen LogP) is -3.68. The van der Waals surface area contributed by atoms with E-state index in [4.69, 9.17) is 25.5 Å². The van der Waals surface area contributed by atoms with Crippen LogP contribution in [-0.2, 0) is 0 Å². The third-order valence-corrected chi connectivity index (χ3v) is 1.16. The Morgan fingerprint density at radius 3 is 1.15 bits per heavy atom. The summed E-state index contributed by atoms with van der Waals surface area (Å²) in [7, 11) is 0. The van der Waals surface area contributed by atoms with Gasteiger partial charge in [0.1, 0.15) is 18.3 Å². The van der Waals surface area contributed by atoms with E-state index in [-0.39, 0.29) is 34.0 Å². The maximum atomic E-state index is 8.77. The van der Waals surface area contributed by atoms with Crippen molar-refractivity contribution in [2.24, 2.45) is 0 Å². The third kappa shape index (κ3) is 8.81. The molecular weight excluding hydrogens is 196 g/mol. The topological polar surface area (TPSA) is 161 Å². The van der Waals surface area contributed by atoms with Crippen molar-refractivity contribution in [2.45, 2.75) is 18.3 Å². The molecule has 13 heavy (non-hydrogen) atoms. The second-order valence-corrected chi connectivity index (χ2v) is 1.99. The van der Waals surface area contributed by atoms with Crippen LogP contribution >= 0.6 is 0 Å². The van der Waals surface area contributed by atoms with E-state index < -0.39 is 31.5 Å². The molecule has 0 aliphatic carbocycles. The van der Waals surface area contributed by atoms with Gasteiger partial charge in [-0.2, -0.15) is 0 Å². The van der Waals surface area contributed by atoms with Gasteiger partial charge in [-0.25, -0.2) is 0 Å². The Hall–Kier alpha value is 0.486. The fraction of sp³-hybridized carbons (Fsp3) is 1.00. The van der Waals surface area contributed by atoms with Crippen LogP contribution in [0.4, 0.5) is 0 Å². The smallest absolute Gasteiger partial charge is 0.870 e. The van der Waals surface area contributed by atoms with Crippen molar-refractivity contribution in [1.29, 1.82) is 0 Å². The fourth-order valence-corrected chi connectivity index (χ4v) is 0.472. The number of aliphatic hydroxyl groups excluding tert-OH is 5. The molecule has 0 saturated carbocycles. The molecule has 2 atom stereocenters. The van der Waals surface area contributed by atoms with Gasteiger partial charge in [-0.15, -0.1) is 0 Å². The van der Waals surface area contributed by atoms with Gasteiger partial charge < -0.3 is 36.5 Å². The summed E-state index contributed by atoms with van der Waals surface area (Å²) in [5.74, 6) is 0. The minimum atomic E-state index is -1.49. The zero-order valence-corrected chi connectivity index (χ0v) is 8.40. The predicted molar refractivity (Wildman–Crippen MR) is 41.8 cm³/mol. The molecule has 0 fully saturated rings. The average Bonchev–Trinajstić information content (AvgIpc) is 2.00. The first-order valence-corrected chi connectivity index (χ1v) is 2.89. The maximum absolute atomic E-state index is 8.77. The van der Waals surface area contributed by atoms with Crippen molar-refractivity contribution in [3.8, 4) is 0 Å². The van der Waals surface area contributed by atoms with Gasteiger partial charge in [0, 0.05) is 0 Å². The first-order chi connectivity index (χ1) is 4.63. The third-order valence-electron chi connectivity index (χ3n) is 1.16. The number of aliphatic hydroxyl groups is 5. The van der Waals surface area contributed by atoms with E-state index in [0.717, 1.165) is 0 Å². The molecule has 0 aromatic heterocycles. The monoisotopic (exact) mass is 210 g/mol. The Bertz CT molecular complexity index is 83.0. The number of rotatable bonds is 4. The van der Waals surface area contributed by atoms with E-state index in [9.17, 15) is 0 Å². The van der Waals surface area contributed by atoms with Crippen LogP contribution in [0.5, 0.6) is 0 Å². The average molecular weight is 210 g/mol. The summed E-state index contributed by atoms with van der Waals surface area (Å²) in [5.41, 5.74) is 0. The summed E-state index contributed by atoms with van der Waals surface area (Å²) in [4.78, 5) is 0. The second kappa shape index (κ2) is 12.5. The van der Waals surface area contributed by atoms with Crippen LogP contribution in [0.25, 0.3) is 0 Å². The molecule has 0 aromatic rings. The molecule has 7 nitrogen and oxygen atoms in total. The quantitative estimate of drug-likeness (QED) is 0.298. The van der Waals surface area contributed by atoms with Crippen molar-refractivity contribution in [2.75, 3.05) is 13.2 Å². The van der Waals surface area contributed by atoms with Crippen molar-refractivity contribution in [1.82, 2.24) is 0 Å². The molecule has 0 amide bonds. The molecule has 0 aliphatic rings. The summed E-state index contributed by atoms with van der Waals surface area (Å²) in [6, 6.07) is 0. The van der Waals surface area contributed by atoms with Crippen LogP contribution in [0, 0.1) is 0 Å². The first kappa shape index (κ1) is 23.4. The van der Waals surface area contributed by atoms with Crippen LogP contribution in [0.15, 0.2) is 0 Å². The standard InChI is InChI=1S/C5H12O5.Mg.2H2O/c6-1-3(8)5(10)4(9)2-7;;;/h3-10H,1-2H2;;2*1H2/q;+2;;/p-2. The Morgan fingerprint density at radius 1 is 0.769 bits per heavy atom. The van der Waals surface area contributed by atoms with Crippen molar-refractivity contribution >= 4 is 23.1 Å². The Kier molecular flexibility index (Phi) is 22.4. The van der Waals surface area contributed by atoms with E-state index in [0.29, 0.717) is 0 Å². The van der Waals surface area contributed by atoms with Gasteiger partial charge in [-0.1, -0.05) is 0 Å². The zero-order valence-electron chi connectivity index (χ0n) is 6.98. The van der Waals surface area contributed by atoms with E-state index in [1.807, 2.05) is 0 Å². The molecule has 0 saturated heterocycles. The van der Waals surface area contributed by atoms with E-state index in [1.54, 1.807) is 0 Å². The largest absolute Gasteiger partial charge is 2.00 e. The van der Waals surface area contributed by atoms with Crippen LogP contribution in [0.1, 0.15) is 0 Å². The normalized spacial score (nSPS) is 15.5. The van der Waals surface area contributed by atoms with Crippen LogP contribution < -0.4 is 0 Å². The van der Waals surface area contributed by atoms with Gasteiger partial charge in [-0.3, -0.25) is 0 Å². The molecule has 0 bridgehead atoms. The Morgan fingerprint density at radius 2 is 1.00 bits per heavy atom. The molecule has 0 rings (SSSR count).